The molecular formula is C16H19ClN4O2. The van der Waals surface area contributed by atoms with Crippen LogP contribution in [0.2, 0.25) is 5.02 Å². The standard InChI is InChI=1S/C16H19ClN4O2/c1-11-8-14(19-15(23)18-9-16(10-22)6-7-16)20-21(11)13-5-3-2-4-12(13)17/h2-5,8,22H,6-7,9-10H2,1H3,(H2,18,19,20,23). The van der Waals surface area contributed by atoms with Gasteiger partial charge in [0.2, 0.25) is 0 Å². The Morgan fingerprint density at radius 2 is 2.17 bits per heavy atom. The first-order valence-electron chi connectivity index (χ1n) is 7.50. The summed E-state index contributed by atoms with van der Waals surface area (Å²) in [6.45, 7) is 2.47. The van der Waals surface area contributed by atoms with E-state index >= 15 is 0 Å². The number of para-hydroxylation sites is 1. The predicted octanol–water partition coefficient (Wildman–Crippen LogP) is 2.73. The molecule has 2 amide bonds. The molecule has 0 spiro atoms. The van der Waals surface area contributed by atoms with Gasteiger partial charge in [0.15, 0.2) is 5.82 Å². The van der Waals surface area contributed by atoms with Crippen molar-refractivity contribution >= 4 is 23.4 Å². The normalized spacial score (nSPS) is 15.3. The van der Waals surface area contributed by atoms with Crippen LogP contribution < -0.4 is 10.6 Å². The van der Waals surface area contributed by atoms with E-state index in [0.717, 1.165) is 24.2 Å². The van der Waals surface area contributed by atoms with Crippen molar-refractivity contribution in [2.45, 2.75) is 19.8 Å². The van der Waals surface area contributed by atoms with E-state index < -0.39 is 0 Å². The smallest absolute Gasteiger partial charge is 0.320 e. The third kappa shape index (κ3) is 3.48. The van der Waals surface area contributed by atoms with Crippen LogP contribution >= 0.6 is 11.6 Å². The number of aromatic nitrogens is 2. The van der Waals surface area contributed by atoms with Gasteiger partial charge in [-0.15, -0.1) is 5.10 Å². The van der Waals surface area contributed by atoms with E-state index in [0.29, 0.717) is 17.4 Å². The van der Waals surface area contributed by atoms with Gasteiger partial charge < -0.3 is 10.4 Å². The summed E-state index contributed by atoms with van der Waals surface area (Å²) >= 11 is 6.18. The number of carbonyl (C=O) groups excluding carboxylic acids is 1. The molecule has 0 aliphatic heterocycles. The van der Waals surface area contributed by atoms with Gasteiger partial charge in [-0.3, -0.25) is 5.32 Å². The Labute approximate surface area is 139 Å². The first-order chi connectivity index (χ1) is 11.0. The number of carbonyl (C=O) groups is 1. The van der Waals surface area contributed by atoms with Crippen molar-refractivity contribution in [3.63, 3.8) is 0 Å². The number of aryl methyl sites for hydroxylation is 1. The fraction of sp³-hybridized carbons (Fsp3) is 0.375. The van der Waals surface area contributed by atoms with Gasteiger partial charge in [0.05, 0.1) is 17.3 Å². The van der Waals surface area contributed by atoms with Crippen molar-refractivity contribution in [2.75, 3.05) is 18.5 Å². The van der Waals surface area contributed by atoms with Gasteiger partial charge in [-0.05, 0) is 31.9 Å². The van der Waals surface area contributed by atoms with Crippen LogP contribution in [0.3, 0.4) is 0 Å². The van der Waals surface area contributed by atoms with Crippen LogP contribution in [0.15, 0.2) is 30.3 Å². The molecule has 3 rings (SSSR count). The summed E-state index contributed by atoms with van der Waals surface area (Å²) in [5, 5.41) is 19.7. The topological polar surface area (TPSA) is 79.2 Å². The molecule has 0 unspecified atom stereocenters. The lowest BCUT2D eigenvalue weighted by molar-refractivity contribution is 0.206. The maximum absolute atomic E-state index is 11.9. The van der Waals surface area contributed by atoms with Gasteiger partial charge in [-0.25, -0.2) is 9.48 Å². The molecule has 0 radical (unpaired) electrons. The zero-order valence-corrected chi connectivity index (χ0v) is 13.6. The first-order valence-corrected chi connectivity index (χ1v) is 7.88. The number of aliphatic hydroxyl groups excluding tert-OH is 1. The predicted molar refractivity (Wildman–Crippen MR) is 89.1 cm³/mol. The average Bonchev–Trinajstić information content (AvgIpc) is 3.24. The van der Waals surface area contributed by atoms with Crippen molar-refractivity contribution in [1.82, 2.24) is 15.1 Å². The molecule has 7 heteroatoms. The van der Waals surface area contributed by atoms with Crippen LogP contribution in [0.1, 0.15) is 18.5 Å². The van der Waals surface area contributed by atoms with E-state index in [1.54, 1.807) is 16.8 Å². The van der Waals surface area contributed by atoms with Gasteiger partial charge in [-0.1, -0.05) is 23.7 Å². The highest BCUT2D eigenvalue weighted by molar-refractivity contribution is 6.32. The van der Waals surface area contributed by atoms with Gasteiger partial charge >= 0.3 is 6.03 Å². The minimum Gasteiger partial charge on any atom is -0.396 e. The second kappa shape index (κ2) is 6.22. The van der Waals surface area contributed by atoms with Gasteiger partial charge in [0.25, 0.3) is 0 Å². The second-order valence-corrected chi connectivity index (χ2v) is 6.41. The van der Waals surface area contributed by atoms with Crippen molar-refractivity contribution in [1.29, 1.82) is 0 Å². The Morgan fingerprint density at radius 3 is 2.83 bits per heavy atom. The Bertz CT molecular complexity index is 725. The largest absolute Gasteiger partial charge is 0.396 e. The summed E-state index contributed by atoms with van der Waals surface area (Å²) in [4.78, 5) is 11.9. The Kier molecular flexibility index (Phi) is 4.28. The van der Waals surface area contributed by atoms with Crippen LogP contribution in [0.5, 0.6) is 0 Å². The molecular weight excluding hydrogens is 316 g/mol. The number of rotatable bonds is 5. The molecule has 122 valence electrons. The number of benzene rings is 1. The highest BCUT2D eigenvalue weighted by Gasteiger charge is 2.42. The van der Waals surface area contributed by atoms with E-state index in [1.165, 1.54) is 0 Å². The van der Waals surface area contributed by atoms with Crippen LogP contribution in [0, 0.1) is 12.3 Å². The Hall–Kier alpha value is -2.05. The molecule has 23 heavy (non-hydrogen) atoms. The fourth-order valence-corrected chi connectivity index (χ4v) is 2.61. The molecule has 0 atom stereocenters. The number of hydrogen-bond acceptors (Lipinski definition) is 3. The minimum absolute atomic E-state index is 0.105. The number of hydrogen-bond donors (Lipinski definition) is 3. The molecule has 1 fully saturated rings. The Morgan fingerprint density at radius 1 is 1.43 bits per heavy atom. The lowest BCUT2D eigenvalue weighted by Gasteiger charge is -2.12. The first kappa shape index (κ1) is 15.8. The van der Waals surface area contributed by atoms with Crippen molar-refractivity contribution in [3.05, 3.63) is 41.0 Å². The van der Waals surface area contributed by atoms with Crippen molar-refractivity contribution in [2.24, 2.45) is 5.41 Å². The molecule has 3 N–H and O–H groups in total. The third-order valence-corrected chi connectivity index (χ3v) is 4.45. The molecule has 2 aromatic rings. The summed E-state index contributed by atoms with van der Waals surface area (Å²) in [5.74, 6) is 0.453. The Balaban J connectivity index is 1.66. The summed E-state index contributed by atoms with van der Waals surface area (Å²) in [5.41, 5.74) is 1.50. The van der Waals surface area contributed by atoms with Crippen LogP contribution in [-0.2, 0) is 0 Å². The van der Waals surface area contributed by atoms with Crippen LogP contribution in [0.25, 0.3) is 5.69 Å². The number of nitrogens with zero attached hydrogens (tertiary/aromatic N) is 2. The number of urea groups is 1. The van der Waals surface area contributed by atoms with Gasteiger partial charge in [-0.2, -0.15) is 0 Å². The molecule has 0 bridgehead atoms. The lowest BCUT2D eigenvalue weighted by atomic mass is 10.1. The molecule has 6 nitrogen and oxygen atoms in total. The monoisotopic (exact) mass is 334 g/mol. The summed E-state index contributed by atoms with van der Waals surface area (Å²) in [7, 11) is 0. The second-order valence-electron chi connectivity index (χ2n) is 6.00. The number of amides is 2. The summed E-state index contributed by atoms with van der Waals surface area (Å²) in [6, 6.07) is 8.85. The van der Waals surface area contributed by atoms with Gasteiger partial charge in [0.1, 0.15) is 0 Å². The molecule has 1 aliphatic rings. The minimum atomic E-state index is -0.325. The SMILES string of the molecule is Cc1cc(NC(=O)NCC2(CO)CC2)nn1-c1ccccc1Cl. The zero-order valence-electron chi connectivity index (χ0n) is 12.8. The molecule has 1 aliphatic carbocycles. The lowest BCUT2D eigenvalue weighted by Crippen LogP contribution is -2.35. The number of halogens is 1. The van der Waals surface area contributed by atoms with Gasteiger partial charge in [0, 0.05) is 23.7 Å². The summed E-state index contributed by atoms with van der Waals surface area (Å²) < 4.78 is 1.69. The third-order valence-electron chi connectivity index (χ3n) is 4.13. The number of anilines is 1. The summed E-state index contributed by atoms with van der Waals surface area (Å²) in [6.07, 6.45) is 1.90. The maximum atomic E-state index is 11.9. The fourth-order valence-electron chi connectivity index (χ4n) is 2.40. The molecule has 0 saturated heterocycles. The van der Waals surface area contributed by atoms with E-state index in [9.17, 15) is 9.90 Å². The van der Waals surface area contributed by atoms with Crippen molar-refractivity contribution < 1.29 is 9.90 Å². The van der Waals surface area contributed by atoms with E-state index in [1.807, 2.05) is 25.1 Å². The molecule has 1 heterocycles. The maximum Gasteiger partial charge on any atom is 0.320 e. The zero-order chi connectivity index (χ0) is 16.4. The van der Waals surface area contributed by atoms with Crippen LogP contribution in [0.4, 0.5) is 10.6 Å². The van der Waals surface area contributed by atoms with Crippen LogP contribution in [-0.4, -0.2) is 34.1 Å². The highest BCUT2D eigenvalue weighted by Crippen LogP contribution is 2.44. The van der Waals surface area contributed by atoms with E-state index in [4.69, 9.17) is 11.6 Å². The highest BCUT2D eigenvalue weighted by atomic mass is 35.5. The van der Waals surface area contributed by atoms with Crippen molar-refractivity contribution in [3.8, 4) is 5.69 Å². The quantitative estimate of drug-likeness (QED) is 0.786. The van der Waals surface area contributed by atoms with E-state index in [-0.39, 0.29) is 18.1 Å². The number of nitrogens with one attached hydrogen (secondary N) is 2. The van der Waals surface area contributed by atoms with E-state index in [2.05, 4.69) is 15.7 Å². The molecule has 1 saturated carbocycles. The number of aliphatic hydroxyl groups is 1. The average molecular weight is 335 g/mol. The molecule has 1 aromatic carbocycles. The molecule has 1 aromatic heterocycles.